The lowest BCUT2D eigenvalue weighted by Crippen LogP contribution is -2.55. The molecule has 6 nitrogen and oxygen atoms in total. The fourth-order valence-corrected chi connectivity index (χ4v) is 4.54. The van der Waals surface area contributed by atoms with E-state index in [1.807, 2.05) is 0 Å². The summed E-state index contributed by atoms with van der Waals surface area (Å²) in [6.45, 7) is 0.0160. The molecule has 9 heteroatoms. The molecule has 2 aromatic rings. The highest BCUT2D eigenvalue weighted by atomic mass is 19.4. The first-order valence-corrected chi connectivity index (χ1v) is 10.8. The second-order valence-corrected chi connectivity index (χ2v) is 8.31. The second kappa shape index (κ2) is 9.05. The van der Waals surface area contributed by atoms with Gasteiger partial charge in [0, 0.05) is 17.3 Å². The molecule has 1 N–H and O–H groups in total. The Morgan fingerprint density at radius 3 is 2.42 bits per heavy atom. The van der Waals surface area contributed by atoms with E-state index in [9.17, 15) is 22.8 Å². The molecule has 0 bridgehead atoms. The Morgan fingerprint density at radius 2 is 1.79 bits per heavy atom. The maximum atomic E-state index is 13.5. The van der Waals surface area contributed by atoms with E-state index >= 15 is 0 Å². The van der Waals surface area contributed by atoms with Crippen molar-refractivity contribution in [2.45, 2.75) is 50.0 Å². The highest BCUT2D eigenvalue weighted by Crippen LogP contribution is 2.42. The van der Waals surface area contributed by atoms with Crippen LogP contribution in [0.25, 0.3) is 0 Å². The number of benzene rings is 2. The van der Waals surface area contributed by atoms with Gasteiger partial charge in [-0.2, -0.15) is 13.2 Å². The quantitative estimate of drug-likeness (QED) is 0.705. The van der Waals surface area contributed by atoms with Gasteiger partial charge in [0.2, 0.25) is 5.91 Å². The van der Waals surface area contributed by atoms with Crippen molar-refractivity contribution < 1.29 is 32.2 Å². The summed E-state index contributed by atoms with van der Waals surface area (Å²) in [6, 6.07) is 9.98. The third-order valence-corrected chi connectivity index (χ3v) is 6.21. The third kappa shape index (κ3) is 4.68. The van der Waals surface area contributed by atoms with Crippen molar-refractivity contribution in [2.24, 2.45) is 0 Å². The van der Waals surface area contributed by atoms with Crippen LogP contribution in [0.2, 0.25) is 0 Å². The van der Waals surface area contributed by atoms with Crippen LogP contribution in [0.1, 0.15) is 48.0 Å². The first-order chi connectivity index (χ1) is 15.7. The predicted octanol–water partition coefficient (Wildman–Crippen LogP) is 4.85. The standard InChI is InChI=1S/C24H25F3N2O4/c1-32-19-7-5-6-18(14-19)28-21(30)20-15-33-23(12-3-2-4-13-23)29(20)22(31)16-8-10-17(11-9-16)24(25,26)27/h5-11,14,20H,2-4,12-13,15H2,1H3,(H,28,30)/t20-/m1/s1. The van der Waals surface area contributed by atoms with Crippen molar-refractivity contribution in [3.05, 3.63) is 59.7 Å². The molecule has 4 rings (SSSR count). The summed E-state index contributed by atoms with van der Waals surface area (Å²) in [6.07, 6.45) is -0.692. The number of rotatable bonds is 4. The Balaban J connectivity index is 1.62. The fourth-order valence-electron chi connectivity index (χ4n) is 4.54. The van der Waals surface area contributed by atoms with Gasteiger partial charge >= 0.3 is 6.18 Å². The van der Waals surface area contributed by atoms with Crippen LogP contribution >= 0.6 is 0 Å². The second-order valence-electron chi connectivity index (χ2n) is 8.31. The number of hydrogen-bond acceptors (Lipinski definition) is 4. The zero-order chi connectivity index (χ0) is 23.6. The summed E-state index contributed by atoms with van der Waals surface area (Å²) in [5, 5.41) is 2.80. The summed E-state index contributed by atoms with van der Waals surface area (Å²) in [5.41, 5.74) is -1.19. The van der Waals surface area contributed by atoms with Gasteiger partial charge in [-0.1, -0.05) is 12.5 Å². The molecule has 0 unspecified atom stereocenters. The number of halogens is 3. The van der Waals surface area contributed by atoms with Crippen LogP contribution in [0.5, 0.6) is 5.75 Å². The molecule has 1 aliphatic carbocycles. The van der Waals surface area contributed by atoms with E-state index < -0.39 is 35.3 Å². The lowest BCUT2D eigenvalue weighted by atomic mass is 9.89. The monoisotopic (exact) mass is 462 g/mol. The van der Waals surface area contributed by atoms with E-state index in [4.69, 9.17) is 9.47 Å². The first-order valence-electron chi connectivity index (χ1n) is 10.8. The molecule has 1 aliphatic heterocycles. The van der Waals surface area contributed by atoms with Crippen LogP contribution in [-0.4, -0.2) is 42.2 Å². The Hall–Kier alpha value is -3.07. The molecule has 33 heavy (non-hydrogen) atoms. The molecule has 176 valence electrons. The van der Waals surface area contributed by atoms with Gasteiger partial charge in [-0.05, 0) is 62.1 Å². The Kier molecular flexibility index (Phi) is 6.34. The number of amides is 2. The molecule has 1 saturated heterocycles. The summed E-state index contributed by atoms with van der Waals surface area (Å²) < 4.78 is 50.1. The normalized spacial score (nSPS) is 20.0. The Morgan fingerprint density at radius 1 is 1.09 bits per heavy atom. The molecule has 1 spiro atoms. The topological polar surface area (TPSA) is 67.9 Å². The van der Waals surface area contributed by atoms with Crippen LogP contribution in [0.15, 0.2) is 48.5 Å². The maximum absolute atomic E-state index is 13.5. The smallest absolute Gasteiger partial charge is 0.416 e. The van der Waals surface area contributed by atoms with Crippen LogP contribution in [0.4, 0.5) is 18.9 Å². The molecule has 0 aromatic heterocycles. The van der Waals surface area contributed by atoms with Crippen molar-refractivity contribution in [3.63, 3.8) is 0 Å². The zero-order valence-electron chi connectivity index (χ0n) is 18.2. The highest BCUT2D eigenvalue weighted by Gasteiger charge is 2.53. The van der Waals surface area contributed by atoms with Gasteiger partial charge in [-0.15, -0.1) is 0 Å². The van der Waals surface area contributed by atoms with E-state index in [0.717, 1.165) is 43.5 Å². The van der Waals surface area contributed by atoms with Crippen molar-refractivity contribution in [3.8, 4) is 5.75 Å². The molecular weight excluding hydrogens is 437 g/mol. The summed E-state index contributed by atoms with van der Waals surface area (Å²) in [7, 11) is 1.52. The van der Waals surface area contributed by atoms with E-state index in [1.165, 1.54) is 12.0 Å². The highest BCUT2D eigenvalue weighted by molar-refractivity contribution is 6.02. The molecular formula is C24H25F3N2O4. The lowest BCUT2D eigenvalue weighted by Gasteiger charge is -2.41. The van der Waals surface area contributed by atoms with Crippen molar-refractivity contribution in [1.29, 1.82) is 0 Å². The number of anilines is 1. The van der Waals surface area contributed by atoms with Crippen LogP contribution in [-0.2, 0) is 15.7 Å². The average molecular weight is 462 g/mol. The number of nitrogens with one attached hydrogen (secondary N) is 1. The summed E-state index contributed by atoms with van der Waals surface area (Å²) in [4.78, 5) is 28.1. The molecule has 2 fully saturated rings. The minimum Gasteiger partial charge on any atom is -0.497 e. The van der Waals surface area contributed by atoms with Crippen molar-refractivity contribution in [2.75, 3.05) is 19.0 Å². The summed E-state index contributed by atoms with van der Waals surface area (Å²) >= 11 is 0. The molecule has 1 saturated carbocycles. The molecule has 2 aliphatic rings. The molecule has 1 heterocycles. The average Bonchev–Trinajstić information content (AvgIpc) is 3.17. The summed E-state index contributed by atoms with van der Waals surface area (Å²) in [5.74, 6) is -0.378. The van der Waals surface area contributed by atoms with Crippen molar-refractivity contribution in [1.82, 2.24) is 4.90 Å². The SMILES string of the molecule is COc1cccc(NC(=O)[C@H]2COC3(CCCCC3)N2C(=O)c2ccc(C(F)(F)F)cc2)c1. The van der Waals surface area contributed by atoms with E-state index in [2.05, 4.69) is 5.32 Å². The Bertz CT molecular complexity index is 1020. The minimum absolute atomic E-state index is 0.0160. The first kappa shape index (κ1) is 23.1. The molecule has 1 atom stereocenters. The van der Waals surface area contributed by atoms with Gasteiger partial charge < -0.3 is 14.8 Å². The van der Waals surface area contributed by atoms with Gasteiger partial charge in [0.15, 0.2) is 0 Å². The predicted molar refractivity (Wildman–Crippen MR) is 115 cm³/mol. The number of alkyl halides is 3. The number of carbonyl (C=O) groups excluding carboxylic acids is 2. The molecule has 0 radical (unpaired) electrons. The van der Waals surface area contributed by atoms with Gasteiger partial charge in [-0.25, -0.2) is 0 Å². The molecule has 2 amide bonds. The fraction of sp³-hybridized carbons (Fsp3) is 0.417. The van der Waals surface area contributed by atoms with E-state index in [-0.39, 0.29) is 12.2 Å². The van der Waals surface area contributed by atoms with Crippen molar-refractivity contribution >= 4 is 17.5 Å². The van der Waals surface area contributed by atoms with Crippen LogP contribution in [0.3, 0.4) is 0 Å². The minimum atomic E-state index is -4.50. The largest absolute Gasteiger partial charge is 0.497 e. The van der Waals surface area contributed by atoms with Crippen LogP contribution in [0, 0.1) is 0 Å². The third-order valence-electron chi connectivity index (χ3n) is 6.21. The number of hydrogen-bond donors (Lipinski definition) is 1. The van der Waals surface area contributed by atoms with E-state index in [1.54, 1.807) is 24.3 Å². The lowest BCUT2D eigenvalue weighted by molar-refractivity contribution is -0.137. The van der Waals surface area contributed by atoms with Gasteiger partial charge in [0.1, 0.15) is 17.5 Å². The Labute approximate surface area is 189 Å². The molecule has 2 aromatic carbocycles. The number of nitrogens with zero attached hydrogens (tertiary/aromatic N) is 1. The van der Waals surface area contributed by atoms with Gasteiger partial charge in [0.25, 0.3) is 5.91 Å². The number of ether oxygens (including phenoxy) is 2. The van der Waals surface area contributed by atoms with Gasteiger partial charge in [0.05, 0.1) is 19.3 Å². The zero-order valence-corrected chi connectivity index (χ0v) is 18.2. The maximum Gasteiger partial charge on any atom is 0.416 e. The van der Waals surface area contributed by atoms with Gasteiger partial charge in [-0.3, -0.25) is 14.5 Å². The van der Waals surface area contributed by atoms with Crippen LogP contribution < -0.4 is 10.1 Å². The number of carbonyl (C=O) groups is 2. The number of methoxy groups -OCH3 is 1. The van der Waals surface area contributed by atoms with E-state index in [0.29, 0.717) is 24.3 Å².